The van der Waals surface area contributed by atoms with Gasteiger partial charge in [-0.25, -0.2) is 14.4 Å². The highest BCUT2D eigenvalue weighted by molar-refractivity contribution is 5.60. The van der Waals surface area contributed by atoms with Crippen LogP contribution in [0.15, 0.2) is 67.4 Å². The van der Waals surface area contributed by atoms with Gasteiger partial charge >= 0.3 is 0 Å². The van der Waals surface area contributed by atoms with Crippen LogP contribution in [0.1, 0.15) is 41.2 Å². The highest BCUT2D eigenvalue weighted by Crippen LogP contribution is 2.23. The predicted octanol–water partition coefficient (Wildman–Crippen LogP) is 4.28. The number of hydrogen-bond donors (Lipinski definition) is 0. The Bertz CT molecular complexity index is 1220. The van der Waals surface area contributed by atoms with Crippen molar-refractivity contribution < 1.29 is 4.39 Å². The average molecular weight is 410 g/mol. The molecule has 7 heteroatoms. The zero-order chi connectivity index (χ0) is 21.6. The zero-order valence-corrected chi connectivity index (χ0v) is 16.9. The standard InChI is InChI=1S/C24H19FN6/c1-16(18-2-4-20(25)5-3-18)8-24-30-21(10-22-15-27-6-7-29-22)11-23(31-24)19-9-17(12-26)13-28-14-19/h2-7,9,11,13-16H,8,10H2,1H3/t16-/m1/s1. The molecule has 0 saturated heterocycles. The lowest BCUT2D eigenvalue weighted by Gasteiger charge is -2.13. The number of nitrogens with zero attached hydrogens (tertiary/aromatic N) is 6. The Morgan fingerprint density at radius 2 is 1.81 bits per heavy atom. The van der Waals surface area contributed by atoms with E-state index in [4.69, 9.17) is 9.97 Å². The van der Waals surface area contributed by atoms with Crippen LogP contribution in [-0.4, -0.2) is 24.9 Å². The van der Waals surface area contributed by atoms with Gasteiger partial charge in [-0.2, -0.15) is 5.26 Å². The molecule has 0 amide bonds. The third kappa shape index (κ3) is 5.11. The van der Waals surface area contributed by atoms with Crippen LogP contribution in [-0.2, 0) is 12.8 Å². The first-order chi connectivity index (χ1) is 15.1. The van der Waals surface area contributed by atoms with Gasteiger partial charge in [-0.05, 0) is 35.7 Å². The van der Waals surface area contributed by atoms with Gasteiger partial charge in [0.15, 0.2) is 0 Å². The minimum Gasteiger partial charge on any atom is -0.263 e. The lowest BCUT2D eigenvalue weighted by atomic mass is 9.97. The molecule has 0 aliphatic carbocycles. The van der Waals surface area contributed by atoms with E-state index in [1.807, 2.05) is 6.07 Å². The van der Waals surface area contributed by atoms with Gasteiger partial charge < -0.3 is 0 Å². The Morgan fingerprint density at radius 3 is 2.55 bits per heavy atom. The molecule has 0 fully saturated rings. The van der Waals surface area contributed by atoms with Gasteiger partial charge in [0, 0.05) is 49.4 Å². The van der Waals surface area contributed by atoms with E-state index in [1.165, 1.54) is 18.3 Å². The predicted molar refractivity (Wildman–Crippen MR) is 113 cm³/mol. The molecule has 4 aromatic rings. The van der Waals surface area contributed by atoms with Gasteiger partial charge in [0.2, 0.25) is 0 Å². The summed E-state index contributed by atoms with van der Waals surface area (Å²) in [4.78, 5) is 22.1. The van der Waals surface area contributed by atoms with E-state index in [0.717, 1.165) is 22.5 Å². The molecule has 1 atom stereocenters. The molecule has 0 unspecified atom stereocenters. The molecule has 3 heterocycles. The minimum absolute atomic E-state index is 0.101. The molecule has 0 bridgehead atoms. The molecule has 0 N–H and O–H groups in total. The Labute approximate surface area is 179 Å². The van der Waals surface area contributed by atoms with Crippen LogP contribution in [0.25, 0.3) is 11.3 Å². The third-order valence-electron chi connectivity index (χ3n) is 4.90. The van der Waals surface area contributed by atoms with Crippen molar-refractivity contribution in [3.63, 3.8) is 0 Å². The van der Waals surface area contributed by atoms with Crippen molar-refractivity contribution in [3.8, 4) is 17.3 Å². The van der Waals surface area contributed by atoms with Crippen molar-refractivity contribution in [2.75, 3.05) is 0 Å². The second kappa shape index (κ2) is 9.18. The van der Waals surface area contributed by atoms with Crippen molar-refractivity contribution in [2.24, 2.45) is 0 Å². The van der Waals surface area contributed by atoms with E-state index in [1.54, 1.807) is 43.0 Å². The number of benzene rings is 1. The van der Waals surface area contributed by atoms with Crippen LogP contribution in [0.5, 0.6) is 0 Å². The smallest absolute Gasteiger partial charge is 0.129 e. The van der Waals surface area contributed by atoms with Gasteiger partial charge in [0.25, 0.3) is 0 Å². The minimum atomic E-state index is -0.259. The van der Waals surface area contributed by atoms with Gasteiger partial charge in [-0.1, -0.05) is 19.1 Å². The summed E-state index contributed by atoms with van der Waals surface area (Å²) in [6, 6.07) is 12.2. The molecule has 0 aliphatic heterocycles. The summed E-state index contributed by atoms with van der Waals surface area (Å²) in [6.45, 7) is 2.06. The van der Waals surface area contributed by atoms with E-state index in [9.17, 15) is 9.65 Å². The van der Waals surface area contributed by atoms with Crippen LogP contribution in [0.4, 0.5) is 4.39 Å². The second-order valence-electron chi connectivity index (χ2n) is 7.27. The van der Waals surface area contributed by atoms with E-state index < -0.39 is 0 Å². The first-order valence-electron chi connectivity index (χ1n) is 9.83. The molecule has 6 nitrogen and oxygen atoms in total. The van der Waals surface area contributed by atoms with E-state index in [2.05, 4.69) is 27.9 Å². The second-order valence-corrected chi connectivity index (χ2v) is 7.27. The fraction of sp³-hybridized carbons (Fsp3) is 0.167. The fourth-order valence-electron chi connectivity index (χ4n) is 3.31. The summed E-state index contributed by atoms with van der Waals surface area (Å²) in [5, 5.41) is 9.21. The normalized spacial score (nSPS) is 11.6. The molecule has 0 aliphatic rings. The summed E-state index contributed by atoms with van der Waals surface area (Å²) in [7, 11) is 0. The Morgan fingerprint density at radius 1 is 0.968 bits per heavy atom. The summed E-state index contributed by atoms with van der Waals surface area (Å²) in [6.07, 6.45) is 9.27. The number of nitriles is 1. The first kappa shape index (κ1) is 20.2. The van der Waals surface area contributed by atoms with E-state index in [-0.39, 0.29) is 11.7 Å². The molecule has 152 valence electrons. The summed E-state index contributed by atoms with van der Waals surface area (Å²) < 4.78 is 13.3. The van der Waals surface area contributed by atoms with Crippen molar-refractivity contribution in [2.45, 2.75) is 25.7 Å². The maximum atomic E-state index is 13.3. The third-order valence-corrected chi connectivity index (χ3v) is 4.90. The number of hydrogen-bond acceptors (Lipinski definition) is 6. The Hall–Kier alpha value is -4.05. The molecule has 31 heavy (non-hydrogen) atoms. The molecule has 0 spiro atoms. The lowest BCUT2D eigenvalue weighted by Crippen LogP contribution is -2.07. The quantitative estimate of drug-likeness (QED) is 0.471. The van der Waals surface area contributed by atoms with E-state index in [0.29, 0.717) is 29.9 Å². The maximum absolute atomic E-state index is 13.3. The number of rotatable bonds is 6. The Balaban J connectivity index is 1.70. The molecular formula is C24H19FN6. The molecule has 0 radical (unpaired) electrons. The van der Waals surface area contributed by atoms with Crippen molar-refractivity contribution >= 4 is 0 Å². The summed E-state index contributed by atoms with van der Waals surface area (Å²) in [5.41, 5.74) is 4.52. The zero-order valence-electron chi connectivity index (χ0n) is 16.9. The van der Waals surface area contributed by atoms with Gasteiger partial charge in [0.05, 0.1) is 22.6 Å². The highest BCUT2D eigenvalue weighted by Gasteiger charge is 2.13. The lowest BCUT2D eigenvalue weighted by molar-refractivity contribution is 0.624. The molecule has 3 aromatic heterocycles. The maximum Gasteiger partial charge on any atom is 0.129 e. The SMILES string of the molecule is C[C@H](Cc1nc(Cc2cnccn2)cc(-c2cncc(C#N)c2)n1)c1ccc(F)cc1. The van der Waals surface area contributed by atoms with Crippen molar-refractivity contribution in [1.29, 1.82) is 5.26 Å². The van der Waals surface area contributed by atoms with Crippen LogP contribution in [0, 0.1) is 17.1 Å². The summed E-state index contributed by atoms with van der Waals surface area (Å²) in [5.74, 6) is 0.504. The van der Waals surface area contributed by atoms with Crippen LogP contribution >= 0.6 is 0 Å². The monoisotopic (exact) mass is 410 g/mol. The Kier molecular flexibility index (Phi) is 5.99. The largest absolute Gasteiger partial charge is 0.263 e. The van der Waals surface area contributed by atoms with Gasteiger partial charge in [-0.3, -0.25) is 15.0 Å². The number of pyridine rings is 1. The van der Waals surface area contributed by atoms with Crippen molar-refractivity contribution in [3.05, 3.63) is 102 Å². The van der Waals surface area contributed by atoms with E-state index >= 15 is 0 Å². The number of aromatic nitrogens is 5. The van der Waals surface area contributed by atoms with Crippen LogP contribution in [0.3, 0.4) is 0 Å². The first-order valence-corrected chi connectivity index (χ1v) is 9.83. The van der Waals surface area contributed by atoms with Crippen LogP contribution in [0.2, 0.25) is 0 Å². The topological polar surface area (TPSA) is 88.2 Å². The summed E-state index contributed by atoms with van der Waals surface area (Å²) >= 11 is 0. The molecule has 4 rings (SSSR count). The van der Waals surface area contributed by atoms with Gasteiger partial charge in [-0.15, -0.1) is 0 Å². The molecular weight excluding hydrogens is 391 g/mol. The highest BCUT2D eigenvalue weighted by atomic mass is 19.1. The molecule has 0 saturated carbocycles. The fourth-order valence-corrected chi connectivity index (χ4v) is 3.31. The van der Waals surface area contributed by atoms with Crippen LogP contribution < -0.4 is 0 Å². The number of halogens is 1. The van der Waals surface area contributed by atoms with Gasteiger partial charge in [0.1, 0.15) is 17.7 Å². The van der Waals surface area contributed by atoms with Crippen molar-refractivity contribution in [1.82, 2.24) is 24.9 Å². The molecule has 1 aromatic carbocycles. The average Bonchev–Trinajstić information content (AvgIpc) is 2.80.